The molecule has 2 nitrogen and oxygen atoms in total. The number of hydrogen-bond donors (Lipinski definition) is 2. The van der Waals surface area contributed by atoms with Gasteiger partial charge in [-0.2, -0.15) is 0 Å². The van der Waals surface area contributed by atoms with Crippen LogP contribution in [0.15, 0.2) is 21.5 Å². The van der Waals surface area contributed by atoms with E-state index < -0.39 is 12.9 Å². The second-order valence-electron chi connectivity index (χ2n) is 2.35. The van der Waals surface area contributed by atoms with Crippen molar-refractivity contribution in [2.24, 2.45) is 0 Å². The lowest BCUT2D eigenvalue weighted by atomic mass is 9.80. The van der Waals surface area contributed by atoms with Gasteiger partial charge < -0.3 is 10.0 Å². The zero-order valence-corrected chi connectivity index (χ0v) is 9.19. The van der Waals surface area contributed by atoms with Gasteiger partial charge in [0.2, 0.25) is 0 Å². The number of benzene rings is 1. The Morgan fingerprint density at radius 3 is 2.54 bits per heavy atom. The third kappa shape index (κ3) is 2.25. The summed E-state index contributed by atoms with van der Waals surface area (Å²) in [4.78, 5) is 0.524. The van der Waals surface area contributed by atoms with Gasteiger partial charge in [-0.1, -0.05) is 0 Å². The molecule has 0 aliphatic heterocycles. The fourth-order valence-electron chi connectivity index (χ4n) is 0.967. The fraction of sp³-hybridized carbons (Fsp3) is 0.143. The Bertz CT molecular complexity index is 322. The Morgan fingerprint density at radius 2 is 2.08 bits per heavy atom. The normalized spacial score (nSPS) is 10.2. The highest BCUT2D eigenvalue weighted by Gasteiger charge is 2.22. The summed E-state index contributed by atoms with van der Waals surface area (Å²) in [5.74, 6) is -0.623. The molecule has 0 spiro atoms. The van der Waals surface area contributed by atoms with Crippen LogP contribution in [0, 0.1) is 5.82 Å². The van der Waals surface area contributed by atoms with Gasteiger partial charge in [-0.25, -0.2) is 4.39 Å². The molecule has 70 valence electrons. The largest absolute Gasteiger partial charge is 0.492 e. The molecule has 1 aromatic carbocycles. The van der Waals surface area contributed by atoms with Crippen molar-refractivity contribution in [2.75, 3.05) is 6.26 Å². The molecule has 1 aromatic rings. The Labute approximate surface area is 88.4 Å². The molecule has 0 atom stereocenters. The first-order chi connectivity index (χ1) is 6.07. The molecule has 0 aliphatic rings. The molecule has 6 heteroatoms. The maximum absolute atomic E-state index is 13.3. The molecule has 0 amide bonds. The van der Waals surface area contributed by atoms with Crippen LogP contribution in [0.1, 0.15) is 0 Å². The second-order valence-corrected chi connectivity index (χ2v) is 4.05. The second kappa shape index (κ2) is 4.46. The third-order valence-corrected chi connectivity index (χ3v) is 2.98. The number of halogens is 2. The van der Waals surface area contributed by atoms with Gasteiger partial charge in [0, 0.05) is 10.4 Å². The van der Waals surface area contributed by atoms with E-state index in [-0.39, 0.29) is 9.94 Å². The Kier molecular flexibility index (Phi) is 3.79. The first-order valence-electron chi connectivity index (χ1n) is 3.46. The fourth-order valence-corrected chi connectivity index (χ4v) is 1.93. The van der Waals surface area contributed by atoms with Gasteiger partial charge in [0.15, 0.2) is 0 Å². The molecule has 0 fully saturated rings. The van der Waals surface area contributed by atoms with Crippen LogP contribution in [0.5, 0.6) is 0 Å². The van der Waals surface area contributed by atoms with Gasteiger partial charge in [0.25, 0.3) is 0 Å². The highest BCUT2D eigenvalue weighted by molar-refractivity contribution is 9.10. The maximum atomic E-state index is 13.3. The van der Waals surface area contributed by atoms with Gasteiger partial charge in [-0.05, 0) is 34.3 Å². The molecule has 0 aliphatic carbocycles. The summed E-state index contributed by atoms with van der Waals surface area (Å²) in [5.41, 5.74) is -0.0816. The molecule has 0 bridgehead atoms. The molecule has 1 rings (SSSR count). The molecule has 0 saturated carbocycles. The SMILES string of the molecule is CSc1ccc(Br)c(F)c1B(O)O. The monoisotopic (exact) mass is 264 g/mol. The quantitative estimate of drug-likeness (QED) is 0.618. The van der Waals surface area contributed by atoms with E-state index in [1.165, 1.54) is 17.8 Å². The Balaban J connectivity index is 3.32. The van der Waals surface area contributed by atoms with Gasteiger partial charge in [-0.15, -0.1) is 11.8 Å². The van der Waals surface area contributed by atoms with Crippen molar-refractivity contribution in [3.63, 3.8) is 0 Å². The van der Waals surface area contributed by atoms with E-state index in [1.807, 2.05) is 0 Å². The lowest BCUT2D eigenvalue weighted by molar-refractivity contribution is 0.421. The van der Waals surface area contributed by atoms with Crippen LogP contribution in [-0.2, 0) is 0 Å². The van der Waals surface area contributed by atoms with Crippen molar-refractivity contribution in [1.82, 2.24) is 0 Å². The maximum Gasteiger partial charge on any atom is 0.492 e. The molecule has 13 heavy (non-hydrogen) atoms. The zero-order chi connectivity index (χ0) is 10.0. The van der Waals surface area contributed by atoms with E-state index in [1.54, 1.807) is 12.3 Å². The van der Waals surface area contributed by atoms with Crippen LogP contribution in [0.3, 0.4) is 0 Å². The Hall–Kier alpha value is -0.0351. The van der Waals surface area contributed by atoms with Crippen molar-refractivity contribution in [1.29, 1.82) is 0 Å². The number of thioether (sulfide) groups is 1. The number of rotatable bonds is 2. The first-order valence-corrected chi connectivity index (χ1v) is 5.47. The zero-order valence-electron chi connectivity index (χ0n) is 6.79. The van der Waals surface area contributed by atoms with E-state index in [2.05, 4.69) is 15.9 Å². The molecule has 0 radical (unpaired) electrons. The van der Waals surface area contributed by atoms with Gasteiger partial charge >= 0.3 is 7.12 Å². The van der Waals surface area contributed by atoms with Gasteiger partial charge in [0.1, 0.15) is 5.82 Å². The molecule has 0 saturated heterocycles. The minimum absolute atomic E-state index is 0.0816. The summed E-state index contributed by atoms with van der Waals surface area (Å²) in [6.07, 6.45) is 1.74. The summed E-state index contributed by atoms with van der Waals surface area (Å²) in [5, 5.41) is 17.8. The van der Waals surface area contributed by atoms with Crippen LogP contribution < -0.4 is 5.46 Å². The highest BCUT2D eigenvalue weighted by Crippen LogP contribution is 2.20. The average molecular weight is 265 g/mol. The smallest absolute Gasteiger partial charge is 0.423 e. The van der Waals surface area contributed by atoms with Crippen molar-refractivity contribution < 1.29 is 14.4 Å². The molecular formula is C7H7BBrFO2S. The van der Waals surface area contributed by atoms with Crippen LogP contribution in [-0.4, -0.2) is 23.4 Å². The topological polar surface area (TPSA) is 40.5 Å². The van der Waals surface area contributed by atoms with E-state index in [9.17, 15) is 4.39 Å². The summed E-state index contributed by atoms with van der Waals surface area (Å²) in [6, 6.07) is 3.17. The van der Waals surface area contributed by atoms with E-state index in [4.69, 9.17) is 10.0 Å². The summed E-state index contributed by atoms with van der Waals surface area (Å²) in [6.45, 7) is 0. The van der Waals surface area contributed by atoms with Crippen molar-refractivity contribution in [3.05, 3.63) is 22.4 Å². The molecule has 0 unspecified atom stereocenters. The summed E-state index contributed by atoms with van der Waals surface area (Å²) in [7, 11) is -1.78. The van der Waals surface area contributed by atoms with Crippen molar-refractivity contribution in [3.8, 4) is 0 Å². The lowest BCUT2D eigenvalue weighted by Gasteiger charge is -2.08. The highest BCUT2D eigenvalue weighted by atomic mass is 79.9. The first kappa shape index (κ1) is 11.0. The minimum Gasteiger partial charge on any atom is -0.423 e. The van der Waals surface area contributed by atoms with Crippen LogP contribution >= 0.6 is 27.7 Å². The van der Waals surface area contributed by atoms with Gasteiger partial charge in [-0.3, -0.25) is 0 Å². The molecule has 0 aromatic heterocycles. The molecule has 2 N–H and O–H groups in total. The van der Waals surface area contributed by atoms with E-state index in [0.717, 1.165) is 0 Å². The minimum atomic E-state index is -1.78. The summed E-state index contributed by atoms with van der Waals surface area (Å²) < 4.78 is 13.5. The average Bonchev–Trinajstić information content (AvgIpc) is 2.08. The molecule has 0 heterocycles. The van der Waals surface area contributed by atoms with Crippen molar-refractivity contribution in [2.45, 2.75) is 4.90 Å². The van der Waals surface area contributed by atoms with Crippen LogP contribution in [0.2, 0.25) is 0 Å². The number of hydrogen-bond acceptors (Lipinski definition) is 3. The predicted molar refractivity (Wildman–Crippen MR) is 55.7 cm³/mol. The standard InChI is InChI=1S/C7H7BBrFO2S/c1-13-5-3-2-4(9)7(10)6(5)8(11)12/h2-3,11-12H,1H3. The van der Waals surface area contributed by atoms with Crippen LogP contribution in [0.4, 0.5) is 4.39 Å². The van der Waals surface area contributed by atoms with E-state index >= 15 is 0 Å². The predicted octanol–water partition coefficient (Wildman–Crippen LogP) is 0.990. The summed E-state index contributed by atoms with van der Waals surface area (Å²) >= 11 is 4.24. The Morgan fingerprint density at radius 1 is 1.46 bits per heavy atom. The van der Waals surface area contributed by atoms with Crippen molar-refractivity contribution >= 4 is 40.3 Å². The van der Waals surface area contributed by atoms with Crippen LogP contribution in [0.25, 0.3) is 0 Å². The lowest BCUT2D eigenvalue weighted by Crippen LogP contribution is -2.34. The molecular weight excluding hydrogens is 258 g/mol. The third-order valence-electron chi connectivity index (χ3n) is 1.57. The van der Waals surface area contributed by atoms with Gasteiger partial charge in [0.05, 0.1) is 4.47 Å². The van der Waals surface area contributed by atoms with E-state index in [0.29, 0.717) is 4.90 Å².